The molecule has 0 aliphatic rings. The average molecular weight is 254 g/mol. The fraction of sp³-hybridized carbons (Fsp3) is 0.294. The van der Waals surface area contributed by atoms with Crippen molar-refractivity contribution < 1.29 is 0 Å². The first-order valence-corrected chi connectivity index (χ1v) is 6.70. The van der Waals surface area contributed by atoms with E-state index < -0.39 is 0 Å². The summed E-state index contributed by atoms with van der Waals surface area (Å²) in [6.45, 7) is 7.97. The van der Waals surface area contributed by atoms with Crippen LogP contribution in [0.2, 0.25) is 0 Å². The topological polar surface area (TPSA) is 8.17 Å². The van der Waals surface area contributed by atoms with Gasteiger partial charge in [0.15, 0.2) is 0 Å². The highest BCUT2D eigenvalue weighted by molar-refractivity contribution is 5.67. The van der Waals surface area contributed by atoms with Crippen LogP contribution in [0.5, 0.6) is 0 Å². The van der Waals surface area contributed by atoms with Gasteiger partial charge in [-0.15, -0.1) is 0 Å². The van der Waals surface area contributed by atoms with Crippen molar-refractivity contribution in [1.82, 2.24) is 9.47 Å². The van der Waals surface area contributed by atoms with Gasteiger partial charge in [0, 0.05) is 25.0 Å². The smallest absolute Gasteiger partial charge is 0.0407 e. The van der Waals surface area contributed by atoms with Gasteiger partial charge < -0.3 is 9.47 Å². The summed E-state index contributed by atoms with van der Waals surface area (Å²) in [6.07, 6.45) is 4.11. The molecule has 0 radical (unpaired) electrons. The molecule has 0 aliphatic carbocycles. The zero-order valence-corrected chi connectivity index (χ0v) is 12.1. The van der Waals surface area contributed by atoms with E-state index in [0.29, 0.717) is 0 Å². The highest BCUT2D eigenvalue weighted by Crippen LogP contribution is 2.24. The SMILES string of the molecule is C=Cc1cc(-c2cccc(CN(C)C)c2)cn1CC. The van der Waals surface area contributed by atoms with E-state index in [2.05, 4.69) is 73.6 Å². The first-order chi connectivity index (χ1) is 9.13. The summed E-state index contributed by atoms with van der Waals surface area (Å²) in [5.74, 6) is 0. The first kappa shape index (κ1) is 13.6. The lowest BCUT2D eigenvalue weighted by Crippen LogP contribution is -2.10. The van der Waals surface area contributed by atoms with Crippen LogP contribution >= 0.6 is 0 Å². The number of nitrogens with zero attached hydrogens (tertiary/aromatic N) is 2. The van der Waals surface area contributed by atoms with Gasteiger partial charge in [0.1, 0.15) is 0 Å². The summed E-state index contributed by atoms with van der Waals surface area (Å²) in [6, 6.07) is 10.9. The molecule has 2 nitrogen and oxygen atoms in total. The Hall–Kier alpha value is -1.80. The molecular weight excluding hydrogens is 232 g/mol. The summed E-state index contributed by atoms with van der Waals surface area (Å²) in [5, 5.41) is 0. The minimum Gasteiger partial charge on any atom is -0.348 e. The van der Waals surface area contributed by atoms with Crippen LogP contribution in [0, 0.1) is 0 Å². The fourth-order valence-corrected chi connectivity index (χ4v) is 2.34. The van der Waals surface area contributed by atoms with Gasteiger partial charge in [-0.05, 0) is 55.9 Å². The lowest BCUT2D eigenvalue weighted by atomic mass is 10.1. The molecule has 0 spiro atoms. The molecule has 0 atom stereocenters. The van der Waals surface area contributed by atoms with Crippen LogP contribution < -0.4 is 0 Å². The predicted molar refractivity (Wildman–Crippen MR) is 83.0 cm³/mol. The molecule has 1 heterocycles. The summed E-state index contributed by atoms with van der Waals surface area (Å²) in [7, 11) is 4.19. The van der Waals surface area contributed by atoms with Gasteiger partial charge in [-0.1, -0.05) is 24.8 Å². The van der Waals surface area contributed by atoms with Crippen molar-refractivity contribution in [3.05, 3.63) is 54.4 Å². The molecule has 0 saturated carbocycles. The Morgan fingerprint density at radius 2 is 2.00 bits per heavy atom. The Balaban J connectivity index is 2.35. The van der Waals surface area contributed by atoms with E-state index in [1.807, 2.05) is 6.08 Å². The molecule has 0 unspecified atom stereocenters. The van der Waals surface area contributed by atoms with E-state index in [0.717, 1.165) is 13.1 Å². The number of hydrogen-bond acceptors (Lipinski definition) is 1. The molecule has 0 aliphatic heterocycles. The molecule has 100 valence electrons. The Morgan fingerprint density at radius 3 is 2.58 bits per heavy atom. The Morgan fingerprint density at radius 1 is 1.21 bits per heavy atom. The summed E-state index contributed by atoms with van der Waals surface area (Å²) in [5.41, 5.74) is 5.05. The summed E-state index contributed by atoms with van der Waals surface area (Å²) in [4.78, 5) is 2.19. The third-order valence-electron chi connectivity index (χ3n) is 3.24. The quantitative estimate of drug-likeness (QED) is 0.786. The molecule has 1 aromatic heterocycles. The molecule has 0 bridgehead atoms. The summed E-state index contributed by atoms with van der Waals surface area (Å²) >= 11 is 0. The second kappa shape index (κ2) is 5.89. The second-order valence-corrected chi connectivity index (χ2v) is 5.08. The third kappa shape index (κ3) is 3.15. The van der Waals surface area contributed by atoms with E-state index in [9.17, 15) is 0 Å². The molecule has 0 N–H and O–H groups in total. The maximum absolute atomic E-state index is 3.88. The maximum Gasteiger partial charge on any atom is 0.0407 e. The van der Waals surface area contributed by atoms with Gasteiger partial charge in [-0.2, -0.15) is 0 Å². The van der Waals surface area contributed by atoms with Crippen LogP contribution in [0.1, 0.15) is 18.2 Å². The average Bonchev–Trinajstić information content (AvgIpc) is 2.81. The van der Waals surface area contributed by atoms with Gasteiger partial charge in [0.05, 0.1) is 0 Å². The van der Waals surface area contributed by atoms with Gasteiger partial charge in [0.2, 0.25) is 0 Å². The molecule has 1 aromatic carbocycles. The van der Waals surface area contributed by atoms with Crippen molar-refractivity contribution in [2.24, 2.45) is 0 Å². The summed E-state index contributed by atoms with van der Waals surface area (Å²) < 4.78 is 2.22. The highest BCUT2D eigenvalue weighted by atomic mass is 15.0. The van der Waals surface area contributed by atoms with Crippen molar-refractivity contribution >= 4 is 6.08 Å². The first-order valence-electron chi connectivity index (χ1n) is 6.70. The van der Waals surface area contributed by atoms with Gasteiger partial charge in [0.25, 0.3) is 0 Å². The standard InChI is InChI=1S/C17H22N2/c1-5-17-11-16(13-19(17)6-2)15-9-7-8-14(10-15)12-18(3)4/h5,7-11,13H,1,6,12H2,2-4H3. The Bertz CT molecular complexity index is 564. The van der Waals surface area contributed by atoms with E-state index in [4.69, 9.17) is 0 Å². The van der Waals surface area contributed by atoms with E-state index in [1.54, 1.807) is 0 Å². The number of aromatic nitrogens is 1. The number of aryl methyl sites for hydroxylation is 1. The van der Waals surface area contributed by atoms with Crippen LogP contribution in [0.4, 0.5) is 0 Å². The van der Waals surface area contributed by atoms with Crippen LogP contribution in [-0.4, -0.2) is 23.6 Å². The molecular formula is C17H22N2. The zero-order valence-electron chi connectivity index (χ0n) is 12.1. The Kier molecular flexibility index (Phi) is 4.23. The lowest BCUT2D eigenvalue weighted by molar-refractivity contribution is 0.402. The predicted octanol–water partition coefficient (Wildman–Crippen LogP) is 3.88. The van der Waals surface area contributed by atoms with Crippen molar-refractivity contribution in [1.29, 1.82) is 0 Å². The van der Waals surface area contributed by atoms with Crippen molar-refractivity contribution in [3.63, 3.8) is 0 Å². The maximum atomic E-state index is 3.88. The highest BCUT2D eigenvalue weighted by Gasteiger charge is 2.05. The molecule has 0 amide bonds. The van der Waals surface area contributed by atoms with Gasteiger partial charge >= 0.3 is 0 Å². The second-order valence-electron chi connectivity index (χ2n) is 5.08. The number of benzene rings is 1. The van der Waals surface area contributed by atoms with Crippen LogP contribution in [0.25, 0.3) is 17.2 Å². The van der Waals surface area contributed by atoms with E-state index >= 15 is 0 Å². The van der Waals surface area contributed by atoms with Crippen molar-refractivity contribution in [3.8, 4) is 11.1 Å². The monoisotopic (exact) mass is 254 g/mol. The van der Waals surface area contributed by atoms with Crippen molar-refractivity contribution in [2.75, 3.05) is 14.1 Å². The molecule has 0 fully saturated rings. The number of hydrogen-bond donors (Lipinski definition) is 0. The fourth-order valence-electron chi connectivity index (χ4n) is 2.34. The molecule has 2 heteroatoms. The van der Waals surface area contributed by atoms with Crippen LogP contribution in [0.15, 0.2) is 43.1 Å². The normalized spacial score (nSPS) is 10.9. The lowest BCUT2D eigenvalue weighted by Gasteiger charge is -2.10. The Labute approximate surface area is 116 Å². The zero-order chi connectivity index (χ0) is 13.8. The van der Waals surface area contributed by atoms with Crippen LogP contribution in [-0.2, 0) is 13.1 Å². The van der Waals surface area contributed by atoms with Crippen LogP contribution in [0.3, 0.4) is 0 Å². The third-order valence-corrected chi connectivity index (χ3v) is 3.24. The van der Waals surface area contributed by atoms with Crippen molar-refractivity contribution in [2.45, 2.75) is 20.0 Å². The van der Waals surface area contributed by atoms with E-state index in [-0.39, 0.29) is 0 Å². The minimum atomic E-state index is 0.969. The van der Waals surface area contributed by atoms with Gasteiger partial charge in [-0.25, -0.2) is 0 Å². The molecule has 19 heavy (non-hydrogen) atoms. The largest absolute Gasteiger partial charge is 0.348 e. The number of rotatable bonds is 5. The van der Waals surface area contributed by atoms with E-state index in [1.165, 1.54) is 22.4 Å². The van der Waals surface area contributed by atoms with Gasteiger partial charge in [-0.3, -0.25) is 0 Å². The molecule has 2 aromatic rings. The minimum absolute atomic E-state index is 0.969. The molecule has 0 saturated heterocycles. The molecule has 2 rings (SSSR count).